The number of aromatic amines is 1. The number of hydrogen-bond donors (Lipinski definition) is 2. The maximum atomic E-state index is 13.6. The summed E-state index contributed by atoms with van der Waals surface area (Å²) >= 11 is 0. The second kappa shape index (κ2) is 4.69. The first-order chi connectivity index (χ1) is 8.79. The molecule has 2 unspecified atom stereocenters. The minimum atomic E-state index is -0.255. The molecule has 0 saturated heterocycles. The van der Waals surface area contributed by atoms with E-state index in [4.69, 9.17) is 5.73 Å². The molecular formula is C14H18FN3. The number of nitrogens with two attached hydrogens (primary N) is 1. The van der Waals surface area contributed by atoms with Gasteiger partial charge in [-0.3, -0.25) is 0 Å². The molecule has 0 spiro atoms. The lowest BCUT2D eigenvalue weighted by Crippen LogP contribution is -2.25. The van der Waals surface area contributed by atoms with Crippen molar-refractivity contribution in [3.63, 3.8) is 0 Å². The molecular weight excluding hydrogens is 229 g/mol. The third kappa shape index (κ3) is 1.90. The first-order valence-electron chi connectivity index (χ1n) is 6.64. The summed E-state index contributed by atoms with van der Waals surface area (Å²) in [6.45, 7) is 0.685. The van der Waals surface area contributed by atoms with Crippen molar-refractivity contribution in [3.8, 4) is 0 Å². The van der Waals surface area contributed by atoms with Crippen molar-refractivity contribution in [2.45, 2.75) is 31.6 Å². The van der Waals surface area contributed by atoms with Gasteiger partial charge in [0, 0.05) is 5.92 Å². The number of aromatic nitrogens is 2. The molecule has 3 N–H and O–H groups in total. The van der Waals surface area contributed by atoms with Crippen molar-refractivity contribution >= 4 is 11.0 Å². The van der Waals surface area contributed by atoms with Crippen LogP contribution in [0.15, 0.2) is 18.2 Å². The zero-order valence-electron chi connectivity index (χ0n) is 10.3. The Morgan fingerprint density at radius 3 is 2.94 bits per heavy atom. The van der Waals surface area contributed by atoms with Crippen molar-refractivity contribution in [3.05, 3.63) is 29.8 Å². The number of imidazole rings is 1. The van der Waals surface area contributed by atoms with E-state index in [1.165, 1.54) is 18.9 Å². The highest BCUT2D eigenvalue weighted by atomic mass is 19.1. The van der Waals surface area contributed by atoms with Crippen LogP contribution in [0.3, 0.4) is 0 Å². The average Bonchev–Trinajstić information content (AvgIpc) is 2.84. The fraction of sp³-hybridized carbons (Fsp3) is 0.500. The highest BCUT2D eigenvalue weighted by Crippen LogP contribution is 2.36. The van der Waals surface area contributed by atoms with Crippen molar-refractivity contribution in [1.82, 2.24) is 9.97 Å². The molecule has 1 heterocycles. The van der Waals surface area contributed by atoms with Gasteiger partial charge in [0.15, 0.2) is 5.82 Å². The van der Waals surface area contributed by atoms with E-state index >= 15 is 0 Å². The lowest BCUT2D eigenvalue weighted by molar-refractivity contribution is 0.306. The summed E-state index contributed by atoms with van der Waals surface area (Å²) in [4.78, 5) is 7.71. The number of rotatable bonds is 2. The molecule has 0 aliphatic heterocycles. The number of halogens is 1. The largest absolute Gasteiger partial charge is 0.342 e. The average molecular weight is 247 g/mol. The van der Waals surface area contributed by atoms with Crippen molar-refractivity contribution < 1.29 is 4.39 Å². The number of para-hydroxylation sites is 1. The molecule has 3 nitrogen and oxygen atoms in total. The molecule has 4 heteroatoms. The van der Waals surface area contributed by atoms with E-state index in [1.54, 1.807) is 6.07 Å². The SMILES string of the molecule is NCC1CCCCC1c1nc2c(F)cccc2[nH]1. The normalized spacial score (nSPS) is 24.6. The zero-order valence-corrected chi connectivity index (χ0v) is 10.3. The van der Waals surface area contributed by atoms with Crippen molar-refractivity contribution in [2.75, 3.05) is 6.54 Å². The Morgan fingerprint density at radius 2 is 2.17 bits per heavy atom. The number of H-pyrrole nitrogens is 1. The van der Waals surface area contributed by atoms with Crippen LogP contribution >= 0.6 is 0 Å². The van der Waals surface area contributed by atoms with E-state index < -0.39 is 0 Å². The predicted octanol–water partition coefficient (Wildman–Crippen LogP) is 2.93. The smallest absolute Gasteiger partial charge is 0.151 e. The van der Waals surface area contributed by atoms with Crippen LogP contribution in [-0.2, 0) is 0 Å². The first-order valence-corrected chi connectivity index (χ1v) is 6.64. The summed E-state index contributed by atoms with van der Waals surface area (Å²) < 4.78 is 13.6. The summed E-state index contributed by atoms with van der Waals surface area (Å²) in [6, 6.07) is 5.03. The standard InChI is InChI=1S/C14H18FN3/c15-11-6-3-7-12-13(11)18-14(17-12)10-5-2-1-4-9(10)8-16/h3,6-7,9-10H,1-2,4-5,8,16H2,(H,17,18). The lowest BCUT2D eigenvalue weighted by atomic mass is 9.79. The Labute approximate surface area is 106 Å². The van der Waals surface area contributed by atoms with Crippen LogP contribution < -0.4 is 5.73 Å². The molecule has 2 atom stereocenters. The summed E-state index contributed by atoms with van der Waals surface area (Å²) in [6.07, 6.45) is 4.71. The minimum absolute atomic E-state index is 0.255. The molecule has 0 amide bonds. The lowest BCUT2D eigenvalue weighted by Gasteiger charge is -2.28. The maximum Gasteiger partial charge on any atom is 0.151 e. The van der Waals surface area contributed by atoms with E-state index in [1.807, 2.05) is 6.07 Å². The number of hydrogen-bond acceptors (Lipinski definition) is 2. The Balaban J connectivity index is 2.00. The van der Waals surface area contributed by atoms with Gasteiger partial charge in [0.2, 0.25) is 0 Å². The number of nitrogens with one attached hydrogen (secondary N) is 1. The van der Waals surface area contributed by atoms with E-state index in [2.05, 4.69) is 9.97 Å². The molecule has 1 aliphatic rings. The first kappa shape index (κ1) is 11.7. The molecule has 0 bridgehead atoms. The third-order valence-corrected chi connectivity index (χ3v) is 4.04. The number of benzene rings is 1. The van der Waals surface area contributed by atoms with Crippen molar-refractivity contribution in [1.29, 1.82) is 0 Å². The van der Waals surface area contributed by atoms with E-state index in [0.29, 0.717) is 23.9 Å². The second-order valence-electron chi connectivity index (χ2n) is 5.14. The van der Waals surface area contributed by atoms with Crippen LogP contribution in [0.1, 0.15) is 37.4 Å². The van der Waals surface area contributed by atoms with E-state index in [-0.39, 0.29) is 5.82 Å². The number of fused-ring (bicyclic) bond motifs is 1. The molecule has 1 fully saturated rings. The van der Waals surface area contributed by atoms with Gasteiger partial charge < -0.3 is 10.7 Å². The van der Waals surface area contributed by atoms with Gasteiger partial charge in [-0.15, -0.1) is 0 Å². The van der Waals surface area contributed by atoms with Gasteiger partial charge in [-0.1, -0.05) is 18.9 Å². The van der Waals surface area contributed by atoms with Crippen LogP contribution in [0.4, 0.5) is 4.39 Å². The molecule has 1 aliphatic carbocycles. The van der Waals surface area contributed by atoms with Gasteiger partial charge in [0.05, 0.1) is 5.52 Å². The van der Waals surface area contributed by atoms with Gasteiger partial charge in [-0.05, 0) is 37.4 Å². The van der Waals surface area contributed by atoms with Gasteiger partial charge in [0.25, 0.3) is 0 Å². The molecule has 1 saturated carbocycles. The molecule has 2 aromatic rings. The summed E-state index contributed by atoms with van der Waals surface area (Å²) in [5.41, 5.74) is 7.08. The molecule has 3 rings (SSSR count). The topological polar surface area (TPSA) is 54.7 Å². The van der Waals surface area contributed by atoms with Crippen LogP contribution in [0.5, 0.6) is 0 Å². The maximum absolute atomic E-state index is 13.6. The van der Waals surface area contributed by atoms with Crippen LogP contribution in [0.2, 0.25) is 0 Å². The van der Waals surface area contributed by atoms with Gasteiger partial charge in [0.1, 0.15) is 11.3 Å². The molecule has 1 aromatic carbocycles. The van der Waals surface area contributed by atoms with Gasteiger partial charge in [-0.2, -0.15) is 0 Å². The van der Waals surface area contributed by atoms with Crippen LogP contribution in [0, 0.1) is 11.7 Å². The summed E-state index contributed by atoms with van der Waals surface area (Å²) in [7, 11) is 0. The van der Waals surface area contributed by atoms with Crippen LogP contribution in [-0.4, -0.2) is 16.5 Å². The Bertz CT molecular complexity index is 549. The molecule has 0 radical (unpaired) electrons. The fourth-order valence-electron chi connectivity index (χ4n) is 3.04. The fourth-order valence-corrected chi connectivity index (χ4v) is 3.04. The Kier molecular flexibility index (Phi) is 3.04. The van der Waals surface area contributed by atoms with Gasteiger partial charge in [-0.25, -0.2) is 9.37 Å². The summed E-state index contributed by atoms with van der Waals surface area (Å²) in [5, 5.41) is 0. The van der Waals surface area contributed by atoms with Crippen LogP contribution in [0.25, 0.3) is 11.0 Å². The Morgan fingerprint density at radius 1 is 1.33 bits per heavy atom. The molecule has 96 valence electrons. The Hall–Kier alpha value is -1.42. The predicted molar refractivity (Wildman–Crippen MR) is 69.8 cm³/mol. The number of nitrogens with zero attached hydrogens (tertiary/aromatic N) is 1. The monoisotopic (exact) mass is 247 g/mol. The van der Waals surface area contributed by atoms with Crippen molar-refractivity contribution in [2.24, 2.45) is 11.7 Å². The van der Waals surface area contributed by atoms with E-state index in [0.717, 1.165) is 24.2 Å². The second-order valence-corrected chi connectivity index (χ2v) is 5.14. The zero-order chi connectivity index (χ0) is 12.5. The molecule has 18 heavy (non-hydrogen) atoms. The highest BCUT2D eigenvalue weighted by molar-refractivity contribution is 5.75. The third-order valence-electron chi connectivity index (χ3n) is 4.04. The van der Waals surface area contributed by atoms with E-state index in [9.17, 15) is 4.39 Å². The molecule has 1 aromatic heterocycles. The summed E-state index contributed by atoms with van der Waals surface area (Å²) in [5.74, 6) is 1.48. The van der Waals surface area contributed by atoms with Gasteiger partial charge >= 0.3 is 0 Å². The minimum Gasteiger partial charge on any atom is -0.342 e. The quantitative estimate of drug-likeness (QED) is 0.857. The highest BCUT2D eigenvalue weighted by Gasteiger charge is 2.28.